The van der Waals surface area contributed by atoms with Crippen molar-refractivity contribution in [2.24, 2.45) is 0 Å². The molecule has 1 aromatic carbocycles. The molecule has 0 saturated carbocycles. The van der Waals surface area contributed by atoms with E-state index in [1.807, 2.05) is 42.6 Å². The molecule has 0 saturated heterocycles. The highest BCUT2D eigenvalue weighted by atomic mass is 32.1. The maximum Gasteiger partial charge on any atom is 0.350 e. The second-order valence-electron chi connectivity index (χ2n) is 5.61. The van der Waals surface area contributed by atoms with Crippen LogP contribution in [0, 0.1) is 6.92 Å². The highest BCUT2D eigenvalue weighted by molar-refractivity contribution is 7.22. The van der Waals surface area contributed by atoms with Crippen molar-refractivity contribution in [3.63, 3.8) is 0 Å². The van der Waals surface area contributed by atoms with Crippen molar-refractivity contribution in [1.82, 2.24) is 4.57 Å². The number of methoxy groups -OCH3 is 1. The summed E-state index contributed by atoms with van der Waals surface area (Å²) in [5.74, 6) is -0.495. The number of ether oxygens (including phenoxy) is 1. The topological polar surface area (TPSA) is 74.3 Å². The zero-order chi connectivity index (χ0) is 17.7. The number of benzene rings is 1. The van der Waals surface area contributed by atoms with Gasteiger partial charge in [-0.3, -0.25) is 9.36 Å². The molecule has 0 aliphatic rings. The molecule has 5 nitrogen and oxygen atoms in total. The highest BCUT2D eigenvalue weighted by Gasteiger charge is 2.24. The molecule has 0 aliphatic carbocycles. The van der Waals surface area contributed by atoms with Crippen LogP contribution in [0.25, 0.3) is 26.0 Å². The molecule has 126 valence electrons. The number of thiophene rings is 2. The average Bonchev–Trinajstić information content (AvgIpc) is 3.21. The number of fused-ring (bicyclic) bond motifs is 3. The van der Waals surface area contributed by atoms with E-state index in [9.17, 15) is 9.59 Å². The fourth-order valence-electron chi connectivity index (χ4n) is 2.99. The van der Waals surface area contributed by atoms with E-state index in [1.54, 1.807) is 4.57 Å². The van der Waals surface area contributed by atoms with Crippen molar-refractivity contribution in [2.75, 3.05) is 12.8 Å². The molecule has 0 atom stereocenters. The third-order valence-electron chi connectivity index (χ3n) is 4.19. The fourth-order valence-corrected chi connectivity index (χ4v) is 4.99. The van der Waals surface area contributed by atoms with Gasteiger partial charge >= 0.3 is 5.97 Å². The molecule has 0 fully saturated rings. The minimum atomic E-state index is -0.495. The Labute approximate surface area is 150 Å². The predicted molar refractivity (Wildman–Crippen MR) is 103 cm³/mol. The van der Waals surface area contributed by atoms with E-state index in [4.69, 9.17) is 10.5 Å². The van der Waals surface area contributed by atoms with Crippen molar-refractivity contribution >= 4 is 54.6 Å². The summed E-state index contributed by atoms with van der Waals surface area (Å²) in [5, 5.41) is 3.37. The Balaban J connectivity index is 2.25. The lowest BCUT2D eigenvalue weighted by Gasteiger charge is -2.11. The second kappa shape index (κ2) is 5.72. The molecule has 0 unspecified atom stereocenters. The molecular weight excluding hydrogens is 356 g/mol. The quantitative estimate of drug-likeness (QED) is 0.542. The number of anilines is 1. The van der Waals surface area contributed by atoms with Crippen LogP contribution in [0.3, 0.4) is 0 Å². The Hall–Kier alpha value is -2.64. The molecule has 3 heterocycles. The summed E-state index contributed by atoms with van der Waals surface area (Å²) in [6.45, 7) is 1.95. The SMILES string of the molecule is COC(=O)c1sc2c(c1N)c1ccsc1c(=O)n2-c1ccccc1C. The lowest BCUT2D eigenvalue weighted by molar-refractivity contribution is 0.0607. The van der Waals surface area contributed by atoms with E-state index in [-0.39, 0.29) is 5.56 Å². The Kier molecular flexibility index (Phi) is 3.63. The van der Waals surface area contributed by atoms with Gasteiger partial charge in [-0.2, -0.15) is 0 Å². The van der Waals surface area contributed by atoms with Crippen molar-refractivity contribution in [2.45, 2.75) is 6.92 Å². The Morgan fingerprint density at radius 2 is 2.00 bits per heavy atom. The summed E-state index contributed by atoms with van der Waals surface area (Å²) in [7, 11) is 1.32. The van der Waals surface area contributed by atoms with Gasteiger partial charge in [-0.1, -0.05) is 18.2 Å². The normalized spacial score (nSPS) is 11.3. The van der Waals surface area contributed by atoms with Gasteiger partial charge in [0.15, 0.2) is 0 Å². The predicted octanol–water partition coefficient (Wildman–Crippen LogP) is 3.94. The van der Waals surface area contributed by atoms with Crippen molar-refractivity contribution in [3.8, 4) is 5.69 Å². The number of nitrogens with zero attached hydrogens (tertiary/aromatic N) is 1. The molecule has 0 spiro atoms. The Morgan fingerprint density at radius 3 is 2.72 bits per heavy atom. The first-order valence-corrected chi connectivity index (χ1v) is 9.22. The molecule has 3 aromatic heterocycles. The first-order valence-electron chi connectivity index (χ1n) is 7.53. The molecule has 0 radical (unpaired) electrons. The Bertz CT molecular complexity index is 1200. The third-order valence-corrected chi connectivity index (χ3v) is 6.26. The van der Waals surface area contributed by atoms with E-state index in [2.05, 4.69) is 0 Å². The van der Waals surface area contributed by atoms with E-state index >= 15 is 0 Å². The summed E-state index contributed by atoms with van der Waals surface area (Å²) in [5.41, 5.74) is 8.28. The Morgan fingerprint density at radius 1 is 1.24 bits per heavy atom. The van der Waals surface area contributed by atoms with Crippen LogP contribution in [0.4, 0.5) is 5.69 Å². The van der Waals surface area contributed by atoms with Crippen molar-refractivity contribution < 1.29 is 9.53 Å². The summed E-state index contributed by atoms with van der Waals surface area (Å²) in [6.07, 6.45) is 0. The largest absolute Gasteiger partial charge is 0.465 e. The van der Waals surface area contributed by atoms with E-state index in [1.165, 1.54) is 29.8 Å². The first-order chi connectivity index (χ1) is 12.0. The summed E-state index contributed by atoms with van der Waals surface area (Å²) in [4.78, 5) is 26.2. The van der Waals surface area contributed by atoms with Crippen LogP contribution in [0.15, 0.2) is 40.5 Å². The molecule has 0 amide bonds. The van der Waals surface area contributed by atoms with Gasteiger partial charge in [0.2, 0.25) is 0 Å². The van der Waals surface area contributed by atoms with E-state index in [0.29, 0.717) is 20.1 Å². The molecular formula is C18H14N2O3S2. The molecule has 2 N–H and O–H groups in total. The van der Waals surface area contributed by atoms with Gasteiger partial charge in [0.05, 0.1) is 18.5 Å². The number of carbonyl (C=O) groups is 1. The molecule has 7 heteroatoms. The van der Waals surface area contributed by atoms with E-state index in [0.717, 1.165) is 22.0 Å². The lowest BCUT2D eigenvalue weighted by Crippen LogP contribution is -2.18. The number of aromatic nitrogens is 1. The van der Waals surface area contributed by atoms with Gasteiger partial charge in [-0.25, -0.2) is 4.79 Å². The minimum absolute atomic E-state index is 0.107. The van der Waals surface area contributed by atoms with Gasteiger partial charge < -0.3 is 10.5 Å². The van der Waals surface area contributed by atoms with Crippen molar-refractivity contribution in [3.05, 3.63) is 56.5 Å². The summed E-state index contributed by atoms with van der Waals surface area (Å²) < 4.78 is 7.12. The number of aryl methyl sites for hydroxylation is 1. The number of nitrogens with two attached hydrogens (primary N) is 1. The van der Waals surface area contributed by atoms with E-state index < -0.39 is 5.97 Å². The fraction of sp³-hybridized carbons (Fsp3) is 0.111. The summed E-state index contributed by atoms with van der Waals surface area (Å²) in [6, 6.07) is 9.52. The zero-order valence-electron chi connectivity index (χ0n) is 13.5. The van der Waals surface area contributed by atoms with Crippen LogP contribution in [0.1, 0.15) is 15.2 Å². The molecule has 25 heavy (non-hydrogen) atoms. The van der Waals surface area contributed by atoms with Gasteiger partial charge in [0.25, 0.3) is 5.56 Å². The minimum Gasteiger partial charge on any atom is -0.465 e. The van der Waals surface area contributed by atoms with Crippen LogP contribution in [0.5, 0.6) is 0 Å². The second-order valence-corrected chi connectivity index (χ2v) is 7.52. The monoisotopic (exact) mass is 370 g/mol. The van der Waals surface area contributed by atoms with Crippen LogP contribution in [0.2, 0.25) is 0 Å². The first kappa shape index (κ1) is 15.9. The number of hydrogen-bond acceptors (Lipinski definition) is 6. The third kappa shape index (κ3) is 2.20. The number of rotatable bonds is 2. The molecule has 4 aromatic rings. The van der Waals surface area contributed by atoms with Crippen molar-refractivity contribution in [1.29, 1.82) is 0 Å². The number of nitrogen functional groups attached to an aromatic ring is 1. The standard InChI is InChI=1S/C18H14N2O3S2/c1-9-5-3-4-6-11(9)20-16(21)14-10(7-8-24-14)12-13(19)15(18(22)23-2)25-17(12)20/h3-8H,19H2,1-2H3. The maximum absolute atomic E-state index is 13.1. The number of esters is 1. The van der Waals surface area contributed by atoms with Gasteiger partial charge in [-0.05, 0) is 30.0 Å². The van der Waals surface area contributed by atoms with Crippen LogP contribution >= 0.6 is 22.7 Å². The maximum atomic E-state index is 13.1. The highest BCUT2D eigenvalue weighted by Crippen LogP contribution is 2.40. The van der Waals surface area contributed by atoms with Crippen LogP contribution in [-0.4, -0.2) is 17.6 Å². The zero-order valence-corrected chi connectivity index (χ0v) is 15.2. The van der Waals surface area contributed by atoms with Crippen LogP contribution < -0.4 is 11.3 Å². The molecule has 4 rings (SSSR count). The number of para-hydroxylation sites is 1. The van der Waals surface area contributed by atoms with Gasteiger partial charge in [0.1, 0.15) is 14.4 Å². The molecule has 0 aliphatic heterocycles. The average molecular weight is 370 g/mol. The smallest absolute Gasteiger partial charge is 0.350 e. The lowest BCUT2D eigenvalue weighted by atomic mass is 10.1. The van der Waals surface area contributed by atoms with Gasteiger partial charge in [-0.15, -0.1) is 22.7 Å². The molecule has 0 bridgehead atoms. The number of carbonyl (C=O) groups excluding carboxylic acids is 1. The van der Waals surface area contributed by atoms with Gasteiger partial charge in [0, 0.05) is 10.8 Å². The number of pyridine rings is 1. The van der Waals surface area contributed by atoms with Crippen LogP contribution in [-0.2, 0) is 4.74 Å². The number of hydrogen-bond donors (Lipinski definition) is 1. The summed E-state index contributed by atoms with van der Waals surface area (Å²) >= 11 is 2.56.